The molecule has 0 amide bonds. The van der Waals surface area contributed by atoms with E-state index in [1.165, 1.54) is 5.56 Å². The predicted molar refractivity (Wildman–Crippen MR) is 112 cm³/mol. The van der Waals surface area contributed by atoms with Gasteiger partial charge in [-0.1, -0.05) is 83.2 Å². The lowest BCUT2D eigenvalue weighted by molar-refractivity contribution is 0.0799. The molecule has 0 radical (unpaired) electrons. The number of benzene rings is 3. The molecule has 2 heterocycles. The molecule has 0 atom stereocenters. The summed E-state index contributed by atoms with van der Waals surface area (Å²) in [5, 5.41) is 6.94. The number of hydrogen-bond donors (Lipinski definition) is 0. The van der Waals surface area contributed by atoms with Crippen molar-refractivity contribution in [3.8, 4) is 11.3 Å². The van der Waals surface area contributed by atoms with Gasteiger partial charge >= 0.3 is 0 Å². The summed E-state index contributed by atoms with van der Waals surface area (Å²) in [7, 11) is 0. The Morgan fingerprint density at radius 2 is 1.61 bits per heavy atom. The van der Waals surface area contributed by atoms with Gasteiger partial charge in [0.2, 0.25) is 0 Å². The van der Waals surface area contributed by atoms with E-state index in [2.05, 4.69) is 42.2 Å². The minimum Gasteiger partial charge on any atom is -0.391 e. The quantitative estimate of drug-likeness (QED) is 0.440. The molecule has 0 aliphatic rings. The average Bonchev–Trinajstić information content (AvgIpc) is 3.13. The van der Waals surface area contributed by atoms with E-state index in [-0.39, 0.29) is 0 Å². The van der Waals surface area contributed by atoms with Gasteiger partial charge in [0.15, 0.2) is 0 Å². The monoisotopic (exact) mass is 365 g/mol. The number of para-hydroxylation sites is 1. The first-order valence-electron chi connectivity index (χ1n) is 9.30. The molecule has 0 fully saturated rings. The first-order chi connectivity index (χ1) is 13.8. The summed E-state index contributed by atoms with van der Waals surface area (Å²) < 4.78 is 0. The number of nitrogens with zero attached hydrogens (tertiary/aromatic N) is 3. The van der Waals surface area contributed by atoms with Crippen LogP contribution in [0.2, 0.25) is 0 Å². The molecule has 5 rings (SSSR count). The Morgan fingerprint density at radius 3 is 2.43 bits per heavy atom. The molecule has 0 aliphatic heterocycles. The molecule has 2 aromatic heterocycles. The highest BCUT2D eigenvalue weighted by atomic mass is 16.7. The van der Waals surface area contributed by atoms with Gasteiger partial charge in [0, 0.05) is 16.3 Å². The van der Waals surface area contributed by atoms with Crippen LogP contribution in [0.5, 0.6) is 0 Å². The van der Waals surface area contributed by atoms with Crippen molar-refractivity contribution in [2.45, 2.75) is 13.5 Å². The Morgan fingerprint density at radius 1 is 0.857 bits per heavy atom. The molecule has 0 saturated heterocycles. The number of aromatic nitrogens is 3. The largest absolute Gasteiger partial charge is 0.391 e. The maximum Gasteiger partial charge on any atom is 0.142 e. The second-order valence-electron chi connectivity index (χ2n) is 6.88. The van der Waals surface area contributed by atoms with Gasteiger partial charge in [-0.05, 0) is 18.6 Å². The van der Waals surface area contributed by atoms with Crippen LogP contribution in [0, 0.1) is 6.92 Å². The first-order valence-corrected chi connectivity index (χ1v) is 9.30. The van der Waals surface area contributed by atoms with E-state index < -0.39 is 0 Å². The van der Waals surface area contributed by atoms with E-state index in [1.807, 2.05) is 54.7 Å². The summed E-state index contributed by atoms with van der Waals surface area (Å²) in [5.41, 5.74) is 6.10. The molecule has 0 aliphatic carbocycles. The number of pyridine rings is 1. The molecule has 0 unspecified atom stereocenters. The summed E-state index contributed by atoms with van der Waals surface area (Å²) in [6, 6.07) is 26.7. The van der Waals surface area contributed by atoms with Crippen LogP contribution in [0.15, 0.2) is 85.1 Å². The maximum absolute atomic E-state index is 6.05. The second-order valence-corrected chi connectivity index (χ2v) is 6.88. The minimum absolute atomic E-state index is 0.442. The molecule has 0 saturated carbocycles. The Balaban J connectivity index is 1.68. The minimum atomic E-state index is 0.442. The summed E-state index contributed by atoms with van der Waals surface area (Å²) >= 11 is 0. The molecule has 4 heteroatoms. The maximum atomic E-state index is 6.05. The van der Waals surface area contributed by atoms with E-state index in [0.717, 1.165) is 38.6 Å². The van der Waals surface area contributed by atoms with E-state index >= 15 is 0 Å². The van der Waals surface area contributed by atoms with Gasteiger partial charge in [-0.25, -0.2) is 0 Å². The highest BCUT2D eigenvalue weighted by Gasteiger charge is 2.17. The zero-order valence-electron chi connectivity index (χ0n) is 15.5. The third kappa shape index (κ3) is 2.89. The third-order valence-electron chi connectivity index (χ3n) is 4.91. The SMILES string of the molecule is Cc1ccc(-c2nn(OCc3ccccc3)c3cnc4ccccc4c23)cc1. The van der Waals surface area contributed by atoms with Crippen molar-refractivity contribution < 1.29 is 4.84 Å². The van der Waals surface area contributed by atoms with Crippen molar-refractivity contribution in [3.63, 3.8) is 0 Å². The van der Waals surface area contributed by atoms with E-state index in [4.69, 9.17) is 9.94 Å². The predicted octanol–water partition coefficient (Wildman–Crippen LogP) is 5.19. The van der Waals surface area contributed by atoms with Crippen LogP contribution in [0.25, 0.3) is 33.1 Å². The summed E-state index contributed by atoms with van der Waals surface area (Å²) in [4.78, 5) is 12.3. The number of hydrogen-bond acceptors (Lipinski definition) is 3. The lowest BCUT2D eigenvalue weighted by Gasteiger charge is -2.06. The fraction of sp³-hybridized carbons (Fsp3) is 0.0833. The van der Waals surface area contributed by atoms with Gasteiger partial charge in [-0.3, -0.25) is 4.98 Å². The Hall–Kier alpha value is -3.66. The van der Waals surface area contributed by atoms with Crippen LogP contribution < -0.4 is 4.84 Å². The third-order valence-corrected chi connectivity index (χ3v) is 4.91. The van der Waals surface area contributed by atoms with Gasteiger partial charge < -0.3 is 4.84 Å². The van der Waals surface area contributed by atoms with Gasteiger partial charge in [0.1, 0.15) is 17.8 Å². The normalized spacial score (nSPS) is 11.2. The Bertz CT molecular complexity index is 1260. The van der Waals surface area contributed by atoms with Crippen LogP contribution >= 0.6 is 0 Å². The fourth-order valence-electron chi connectivity index (χ4n) is 3.44. The molecule has 4 nitrogen and oxygen atoms in total. The Labute approximate surface area is 163 Å². The van der Waals surface area contributed by atoms with E-state index in [1.54, 1.807) is 4.85 Å². The molecular weight excluding hydrogens is 346 g/mol. The summed E-state index contributed by atoms with van der Waals surface area (Å²) in [5.74, 6) is 0. The lowest BCUT2D eigenvalue weighted by Crippen LogP contribution is -2.12. The van der Waals surface area contributed by atoms with Crippen molar-refractivity contribution >= 4 is 21.8 Å². The molecule has 3 aromatic carbocycles. The van der Waals surface area contributed by atoms with Crippen molar-refractivity contribution in [2.24, 2.45) is 0 Å². The van der Waals surface area contributed by atoms with Gasteiger partial charge in [0.25, 0.3) is 0 Å². The van der Waals surface area contributed by atoms with Crippen LogP contribution in [0.4, 0.5) is 0 Å². The first kappa shape index (κ1) is 16.5. The van der Waals surface area contributed by atoms with Crippen molar-refractivity contribution in [2.75, 3.05) is 0 Å². The molecule has 0 N–H and O–H groups in total. The van der Waals surface area contributed by atoms with Crippen molar-refractivity contribution in [1.29, 1.82) is 0 Å². The lowest BCUT2D eigenvalue weighted by atomic mass is 10.0. The zero-order chi connectivity index (χ0) is 18.9. The number of fused-ring (bicyclic) bond motifs is 3. The molecule has 0 spiro atoms. The second kappa shape index (κ2) is 6.82. The van der Waals surface area contributed by atoms with Crippen LogP contribution in [0.1, 0.15) is 11.1 Å². The standard InChI is InChI=1S/C24H19N3O/c1-17-11-13-19(14-12-17)24-23-20-9-5-6-10-21(20)25-15-22(23)27(26-24)28-16-18-7-3-2-4-8-18/h2-15H,16H2,1H3. The highest BCUT2D eigenvalue weighted by molar-refractivity contribution is 6.10. The van der Waals surface area contributed by atoms with Crippen LogP contribution in [0.3, 0.4) is 0 Å². The topological polar surface area (TPSA) is 39.9 Å². The zero-order valence-corrected chi connectivity index (χ0v) is 15.5. The van der Waals surface area contributed by atoms with Gasteiger partial charge in [-0.15, -0.1) is 5.10 Å². The molecular formula is C24H19N3O. The van der Waals surface area contributed by atoms with Crippen LogP contribution in [-0.4, -0.2) is 14.9 Å². The Kier molecular flexibility index (Phi) is 4.02. The molecule has 5 aromatic rings. The van der Waals surface area contributed by atoms with Gasteiger partial charge in [0.05, 0.1) is 11.7 Å². The number of rotatable bonds is 4. The van der Waals surface area contributed by atoms with Gasteiger partial charge in [-0.2, -0.15) is 0 Å². The van der Waals surface area contributed by atoms with E-state index in [0.29, 0.717) is 6.61 Å². The summed E-state index contributed by atoms with van der Waals surface area (Å²) in [6.45, 7) is 2.53. The number of aryl methyl sites for hydroxylation is 1. The molecule has 136 valence electrons. The smallest absolute Gasteiger partial charge is 0.142 e. The summed E-state index contributed by atoms with van der Waals surface area (Å²) in [6.07, 6.45) is 1.84. The highest BCUT2D eigenvalue weighted by Crippen LogP contribution is 2.32. The van der Waals surface area contributed by atoms with Crippen molar-refractivity contribution in [1.82, 2.24) is 14.9 Å². The fourth-order valence-corrected chi connectivity index (χ4v) is 3.44. The molecule has 0 bridgehead atoms. The average molecular weight is 365 g/mol. The van der Waals surface area contributed by atoms with Crippen molar-refractivity contribution in [3.05, 3.63) is 96.2 Å². The molecule has 28 heavy (non-hydrogen) atoms. The van der Waals surface area contributed by atoms with Crippen LogP contribution in [-0.2, 0) is 6.61 Å². The van der Waals surface area contributed by atoms with E-state index in [9.17, 15) is 0 Å².